The van der Waals surface area contributed by atoms with Gasteiger partial charge in [-0.1, -0.05) is 25.4 Å². The van der Waals surface area contributed by atoms with E-state index < -0.39 is 10.0 Å². The first-order chi connectivity index (χ1) is 9.13. The summed E-state index contributed by atoms with van der Waals surface area (Å²) in [7, 11) is 0.120. The molecule has 0 fully saturated rings. The number of nitrogens with one attached hydrogen (secondary N) is 1. The standard InChI is InChI=1S/C12H21ClN4O2S/c1-8(2)11(7-17(3)4)16-20(18,19)9-5-10(13)12(14)15-6-9/h5-6,8,11,16H,7H2,1-4H3,(H2,14,15). The van der Waals surface area contributed by atoms with Gasteiger partial charge in [0.05, 0.1) is 5.02 Å². The molecule has 0 aliphatic heterocycles. The third-order valence-corrected chi connectivity index (χ3v) is 4.59. The van der Waals surface area contributed by atoms with Gasteiger partial charge in [-0.25, -0.2) is 18.1 Å². The Hall–Kier alpha value is -0.890. The number of likely N-dealkylation sites (N-methyl/N-ethyl adjacent to an activating group) is 1. The maximum absolute atomic E-state index is 12.3. The third kappa shape index (κ3) is 4.59. The molecule has 114 valence electrons. The molecule has 1 heterocycles. The molecule has 0 saturated heterocycles. The normalized spacial score (nSPS) is 13.9. The molecule has 20 heavy (non-hydrogen) atoms. The molecule has 1 atom stereocenters. The molecule has 0 aromatic carbocycles. The molecule has 3 N–H and O–H groups in total. The van der Waals surface area contributed by atoms with Crippen molar-refractivity contribution >= 4 is 27.4 Å². The summed E-state index contributed by atoms with van der Waals surface area (Å²) in [5, 5.41) is 0.126. The summed E-state index contributed by atoms with van der Waals surface area (Å²) in [6.07, 6.45) is 1.20. The quantitative estimate of drug-likeness (QED) is 0.821. The molecule has 0 radical (unpaired) electrons. The molecule has 0 amide bonds. The zero-order chi connectivity index (χ0) is 15.5. The Kier molecular flexibility index (Phi) is 5.76. The predicted octanol–water partition coefficient (Wildman–Crippen LogP) is 1.18. The van der Waals surface area contributed by atoms with Crippen LogP contribution in [0.3, 0.4) is 0 Å². The average Bonchev–Trinajstić information content (AvgIpc) is 2.30. The van der Waals surface area contributed by atoms with Crippen molar-refractivity contribution < 1.29 is 8.42 Å². The maximum atomic E-state index is 12.3. The molecule has 8 heteroatoms. The minimum absolute atomic E-state index is 0.0149. The third-order valence-electron chi connectivity index (χ3n) is 2.83. The predicted molar refractivity (Wildman–Crippen MR) is 81.2 cm³/mol. The molecule has 1 aromatic heterocycles. The van der Waals surface area contributed by atoms with Crippen molar-refractivity contribution in [2.24, 2.45) is 5.92 Å². The van der Waals surface area contributed by atoms with Crippen LogP contribution in [0.5, 0.6) is 0 Å². The van der Waals surface area contributed by atoms with E-state index in [1.807, 2.05) is 32.8 Å². The van der Waals surface area contributed by atoms with Gasteiger partial charge in [-0.3, -0.25) is 0 Å². The van der Waals surface area contributed by atoms with Crippen LogP contribution < -0.4 is 10.5 Å². The molecular formula is C12H21ClN4O2S. The zero-order valence-corrected chi connectivity index (χ0v) is 13.7. The SMILES string of the molecule is CC(C)C(CN(C)C)NS(=O)(=O)c1cnc(N)c(Cl)c1. The van der Waals surface area contributed by atoms with Gasteiger partial charge in [-0.2, -0.15) is 0 Å². The highest BCUT2D eigenvalue weighted by Crippen LogP contribution is 2.20. The van der Waals surface area contributed by atoms with E-state index in [-0.39, 0.29) is 27.7 Å². The summed E-state index contributed by atoms with van der Waals surface area (Å²) < 4.78 is 27.3. The largest absolute Gasteiger partial charge is 0.382 e. The molecule has 1 rings (SSSR count). The van der Waals surface area contributed by atoms with E-state index >= 15 is 0 Å². The minimum Gasteiger partial charge on any atom is -0.382 e. The number of sulfonamides is 1. The summed E-state index contributed by atoms with van der Waals surface area (Å²) >= 11 is 5.82. The molecule has 1 aromatic rings. The second kappa shape index (κ2) is 6.71. The number of nitrogen functional groups attached to an aromatic ring is 1. The van der Waals surface area contributed by atoms with E-state index in [0.717, 1.165) is 0 Å². The van der Waals surface area contributed by atoms with E-state index in [1.54, 1.807) is 0 Å². The smallest absolute Gasteiger partial charge is 0.242 e. The lowest BCUT2D eigenvalue weighted by Crippen LogP contribution is -2.44. The molecular weight excluding hydrogens is 300 g/mol. The Bertz CT molecular complexity index is 561. The van der Waals surface area contributed by atoms with Gasteiger partial charge in [0.15, 0.2) is 0 Å². The van der Waals surface area contributed by atoms with Crippen LogP contribution >= 0.6 is 11.6 Å². The van der Waals surface area contributed by atoms with Crippen LogP contribution in [0.2, 0.25) is 5.02 Å². The Morgan fingerprint density at radius 3 is 2.50 bits per heavy atom. The first kappa shape index (κ1) is 17.2. The number of nitrogens with two attached hydrogens (primary N) is 1. The number of rotatable bonds is 6. The second-order valence-electron chi connectivity index (χ2n) is 5.27. The second-order valence-corrected chi connectivity index (χ2v) is 7.39. The van der Waals surface area contributed by atoms with Crippen molar-refractivity contribution in [3.8, 4) is 0 Å². The van der Waals surface area contributed by atoms with Crippen LogP contribution in [-0.2, 0) is 10.0 Å². The fourth-order valence-electron chi connectivity index (χ4n) is 1.62. The van der Waals surface area contributed by atoms with E-state index in [0.29, 0.717) is 6.54 Å². The highest BCUT2D eigenvalue weighted by molar-refractivity contribution is 7.89. The van der Waals surface area contributed by atoms with Crippen molar-refractivity contribution in [1.82, 2.24) is 14.6 Å². The molecule has 0 aliphatic rings. The summed E-state index contributed by atoms with van der Waals surface area (Å²) in [6.45, 7) is 4.53. The van der Waals surface area contributed by atoms with Crippen LogP contribution in [0.1, 0.15) is 13.8 Å². The first-order valence-corrected chi connectivity index (χ1v) is 8.07. The van der Waals surface area contributed by atoms with Crippen molar-refractivity contribution in [2.45, 2.75) is 24.8 Å². The number of halogens is 1. The Balaban J connectivity index is 3.00. The van der Waals surface area contributed by atoms with Crippen LogP contribution in [0, 0.1) is 5.92 Å². The minimum atomic E-state index is -3.67. The van der Waals surface area contributed by atoms with Gasteiger partial charge in [-0.15, -0.1) is 0 Å². The van der Waals surface area contributed by atoms with Gasteiger partial charge in [0.25, 0.3) is 0 Å². The lowest BCUT2D eigenvalue weighted by molar-refractivity contribution is 0.314. The van der Waals surface area contributed by atoms with Gasteiger partial charge in [0, 0.05) is 18.8 Å². The molecule has 0 aliphatic carbocycles. The lowest BCUT2D eigenvalue weighted by Gasteiger charge is -2.25. The van der Waals surface area contributed by atoms with Gasteiger partial charge in [0.2, 0.25) is 10.0 Å². The Morgan fingerprint density at radius 1 is 1.45 bits per heavy atom. The number of hydrogen-bond acceptors (Lipinski definition) is 5. The average molecular weight is 321 g/mol. The number of anilines is 1. The van der Waals surface area contributed by atoms with E-state index in [1.165, 1.54) is 12.3 Å². The molecule has 0 bridgehead atoms. The molecule has 1 unspecified atom stereocenters. The fraction of sp³-hybridized carbons (Fsp3) is 0.583. The van der Waals surface area contributed by atoms with Crippen molar-refractivity contribution in [1.29, 1.82) is 0 Å². The van der Waals surface area contributed by atoms with Crippen LogP contribution in [-0.4, -0.2) is 45.0 Å². The molecule has 6 nitrogen and oxygen atoms in total. The number of nitrogens with zero attached hydrogens (tertiary/aromatic N) is 2. The van der Waals surface area contributed by atoms with Gasteiger partial charge < -0.3 is 10.6 Å². The van der Waals surface area contributed by atoms with E-state index in [9.17, 15) is 8.42 Å². The lowest BCUT2D eigenvalue weighted by atomic mass is 10.1. The van der Waals surface area contributed by atoms with Gasteiger partial charge >= 0.3 is 0 Å². The zero-order valence-electron chi connectivity index (χ0n) is 12.1. The van der Waals surface area contributed by atoms with Crippen molar-refractivity contribution in [2.75, 3.05) is 26.4 Å². The van der Waals surface area contributed by atoms with Crippen LogP contribution in [0.4, 0.5) is 5.82 Å². The summed E-state index contributed by atoms with van der Waals surface area (Å²) in [5.74, 6) is 0.267. The Morgan fingerprint density at radius 2 is 2.05 bits per heavy atom. The van der Waals surface area contributed by atoms with E-state index in [2.05, 4.69) is 9.71 Å². The number of pyridine rings is 1. The summed E-state index contributed by atoms with van der Waals surface area (Å²) in [5.41, 5.74) is 5.48. The van der Waals surface area contributed by atoms with Gasteiger partial charge in [-0.05, 0) is 26.1 Å². The van der Waals surface area contributed by atoms with E-state index in [4.69, 9.17) is 17.3 Å². The first-order valence-electron chi connectivity index (χ1n) is 6.21. The maximum Gasteiger partial charge on any atom is 0.242 e. The summed E-state index contributed by atoms with van der Waals surface area (Å²) in [4.78, 5) is 5.72. The fourth-order valence-corrected chi connectivity index (χ4v) is 3.20. The molecule has 0 spiro atoms. The molecule has 0 saturated carbocycles. The summed E-state index contributed by atoms with van der Waals surface area (Å²) in [6, 6.07) is 1.10. The van der Waals surface area contributed by atoms with Crippen LogP contribution in [0.25, 0.3) is 0 Å². The number of hydrogen-bond donors (Lipinski definition) is 2. The number of aromatic nitrogens is 1. The van der Waals surface area contributed by atoms with Gasteiger partial charge in [0.1, 0.15) is 10.7 Å². The van der Waals surface area contributed by atoms with Crippen molar-refractivity contribution in [3.63, 3.8) is 0 Å². The monoisotopic (exact) mass is 320 g/mol. The Labute approximate surface area is 125 Å². The highest BCUT2D eigenvalue weighted by atomic mass is 35.5. The van der Waals surface area contributed by atoms with Crippen LogP contribution in [0.15, 0.2) is 17.2 Å². The van der Waals surface area contributed by atoms with Crippen molar-refractivity contribution in [3.05, 3.63) is 17.3 Å². The topological polar surface area (TPSA) is 88.3 Å². The highest BCUT2D eigenvalue weighted by Gasteiger charge is 2.23.